The molecule has 0 fully saturated rings. The molecule has 4 aromatic rings. The van der Waals surface area contributed by atoms with Gasteiger partial charge in [-0.3, -0.25) is 4.40 Å². The molecule has 27 heavy (non-hydrogen) atoms. The van der Waals surface area contributed by atoms with Gasteiger partial charge in [-0.25, -0.2) is 9.78 Å². The topological polar surface area (TPSA) is 68.8 Å². The summed E-state index contributed by atoms with van der Waals surface area (Å²) in [6, 6.07) is 17.3. The highest BCUT2D eigenvalue weighted by Gasteiger charge is 2.18. The van der Waals surface area contributed by atoms with E-state index in [4.69, 9.17) is 9.15 Å². The van der Waals surface area contributed by atoms with Crippen molar-refractivity contribution in [2.75, 3.05) is 12.4 Å². The zero-order valence-corrected chi connectivity index (χ0v) is 15.1. The van der Waals surface area contributed by atoms with E-state index in [0.717, 1.165) is 17.1 Å². The van der Waals surface area contributed by atoms with Crippen LogP contribution in [0.2, 0.25) is 0 Å². The number of furan rings is 1. The first-order valence-corrected chi connectivity index (χ1v) is 8.61. The molecule has 0 bridgehead atoms. The van der Waals surface area contributed by atoms with Crippen LogP contribution < -0.4 is 5.32 Å². The third-order valence-electron chi connectivity index (χ3n) is 4.32. The summed E-state index contributed by atoms with van der Waals surface area (Å²) in [7, 11) is 1.36. The number of rotatable bonds is 5. The molecule has 0 spiro atoms. The number of aryl methyl sites for hydroxylation is 1. The van der Waals surface area contributed by atoms with Crippen LogP contribution in [-0.4, -0.2) is 22.5 Å². The fourth-order valence-electron chi connectivity index (χ4n) is 2.97. The number of fused-ring (bicyclic) bond motifs is 1. The van der Waals surface area contributed by atoms with Crippen molar-refractivity contribution in [1.82, 2.24) is 9.38 Å². The van der Waals surface area contributed by atoms with Crippen LogP contribution in [0, 0.1) is 6.92 Å². The fourth-order valence-corrected chi connectivity index (χ4v) is 2.97. The van der Waals surface area contributed by atoms with Gasteiger partial charge in [-0.2, -0.15) is 0 Å². The van der Waals surface area contributed by atoms with Crippen molar-refractivity contribution in [2.24, 2.45) is 0 Å². The van der Waals surface area contributed by atoms with Crippen molar-refractivity contribution in [3.63, 3.8) is 0 Å². The van der Waals surface area contributed by atoms with Crippen LogP contribution >= 0.6 is 0 Å². The molecule has 3 aromatic heterocycles. The van der Waals surface area contributed by atoms with Crippen LogP contribution in [0.25, 0.3) is 17.1 Å². The maximum absolute atomic E-state index is 11.8. The van der Waals surface area contributed by atoms with Gasteiger partial charge in [0, 0.05) is 12.7 Å². The van der Waals surface area contributed by atoms with E-state index in [1.165, 1.54) is 7.11 Å². The van der Waals surface area contributed by atoms with Gasteiger partial charge < -0.3 is 14.5 Å². The van der Waals surface area contributed by atoms with Gasteiger partial charge in [0.05, 0.1) is 12.7 Å². The lowest BCUT2D eigenvalue weighted by atomic mass is 10.2. The molecule has 6 nitrogen and oxygen atoms in total. The highest BCUT2D eigenvalue weighted by Crippen LogP contribution is 2.31. The van der Waals surface area contributed by atoms with Crippen molar-refractivity contribution in [3.8, 4) is 11.5 Å². The summed E-state index contributed by atoms with van der Waals surface area (Å²) < 4.78 is 12.5. The lowest BCUT2D eigenvalue weighted by molar-refractivity contribution is 0.0600. The minimum absolute atomic E-state index is 0.394. The van der Waals surface area contributed by atoms with E-state index in [9.17, 15) is 4.79 Å². The number of pyridine rings is 1. The Hall–Kier alpha value is -3.54. The van der Waals surface area contributed by atoms with Gasteiger partial charge in [0.15, 0.2) is 5.76 Å². The molecule has 0 amide bonds. The number of ether oxygens (including phenoxy) is 1. The summed E-state index contributed by atoms with van der Waals surface area (Å²) in [5, 5.41) is 3.45. The molecule has 0 saturated carbocycles. The Balaban J connectivity index is 1.79. The van der Waals surface area contributed by atoms with Gasteiger partial charge in [-0.1, -0.05) is 30.3 Å². The molecule has 3 heterocycles. The van der Waals surface area contributed by atoms with Crippen LogP contribution in [0.3, 0.4) is 0 Å². The van der Waals surface area contributed by atoms with Gasteiger partial charge >= 0.3 is 5.97 Å². The highest BCUT2D eigenvalue weighted by atomic mass is 16.5. The number of carbonyl (C=O) groups is 1. The summed E-state index contributed by atoms with van der Waals surface area (Å²) in [4.78, 5) is 16.5. The fraction of sp³-hybridized carbons (Fsp3) is 0.143. The number of hydrogen-bond donors (Lipinski definition) is 1. The normalized spacial score (nSPS) is 10.9. The van der Waals surface area contributed by atoms with Crippen molar-refractivity contribution in [1.29, 1.82) is 0 Å². The number of hydrogen-bond acceptors (Lipinski definition) is 5. The SMILES string of the molecule is COC(=O)c1ccn2c(NCc3ccccc3)c(-c3ccc(C)o3)nc2c1. The monoisotopic (exact) mass is 361 g/mol. The van der Waals surface area contributed by atoms with Gasteiger partial charge in [-0.05, 0) is 36.8 Å². The summed E-state index contributed by atoms with van der Waals surface area (Å²) >= 11 is 0. The number of methoxy groups -OCH3 is 1. The number of carbonyl (C=O) groups excluding carboxylic acids is 1. The Morgan fingerprint density at radius 3 is 2.70 bits per heavy atom. The number of aromatic nitrogens is 2. The van der Waals surface area contributed by atoms with Gasteiger partial charge in [0.25, 0.3) is 0 Å². The predicted octanol–water partition coefficient (Wildman–Crippen LogP) is 4.30. The second kappa shape index (κ2) is 6.99. The zero-order chi connectivity index (χ0) is 18.8. The minimum Gasteiger partial charge on any atom is -0.465 e. The maximum atomic E-state index is 11.8. The van der Waals surface area contributed by atoms with E-state index in [-0.39, 0.29) is 0 Å². The van der Waals surface area contributed by atoms with E-state index in [1.807, 2.05) is 41.7 Å². The molecule has 0 aliphatic rings. The van der Waals surface area contributed by atoms with Crippen molar-refractivity contribution in [3.05, 3.63) is 77.7 Å². The molecule has 1 aromatic carbocycles. The smallest absolute Gasteiger partial charge is 0.338 e. The number of benzene rings is 1. The number of imidazole rings is 1. The molecule has 0 unspecified atom stereocenters. The average Bonchev–Trinajstić information content (AvgIpc) is 3.29. The average molecular weight is 361 g/mol. The molecule has 136 valence electrons. The van der Waals surface area contributed by atoms with Crippen molar-refractivity contribution < 1.29 is 13.9 Å². The molecule has 6 heteroatoms. The second-order valence-electron chi connectivity index (χ2n) is 6.19. The van der Waals surface area contributed by atoms with E-state index >= 15 is 0 Å². The number of esters is 1. The molecular weight excluding hydrogens is 342 g/mol. The summed E-state index contributed by atoms with van der Waals surface area (Å²) in [6.07, 6.45) is 1.81. The van der Waals surface area contributed by atoms with E-state index < -0.39 is 5.97 Å². The Morgan fingerprint density at radius 2 is 2.00 bits per heavy atom. The van der Waals surface area contributed by atoms with Crippen molar-refractivity contribution in [2.45, 2.75) is 13.5 Å². The molecule has 0 aliphatic heterocycles. The quantitative estimate of drug-likeness (QED) is 0.537. The van der Waals surface area contributed by atoms with Crippen LogP contribution in [0.5, 0.6) is 0 Å². The van der Waals surface area contributed by atoms with Crippen LogP contribution in [-0.2, 0) is 11.3 Å². The second-order valence-corrected chi connectivity index (χ2v) is 6.19. The van der Waals surface area contributed by atoms with Gasteiger partial charge in [0.2, 0.25) is 0 Å². The molecular formula is C21H19N3O3. The Morgan fingerprint density at radius 1 is 1.19 bits per heavy atom. The Labute approximate surface area is 156 Å². The van der Waals surface area contributed by atoms with Crippen LogP contribution in [0.4, 0.5) is 5.82 Å². The molecule has 4 rings (SSSR count). The number of nitrogens with zero attached hydrogens (tertiary/aromatic N) is 2. The molecule has 0 saturated heterocycles. The van der Waals surface area contributed by atoms with Crippen LogP contribution in [0.15, 0.2) is 65.2 Å². The predicted molar refractivity (Wildman–Crippen MR) is 103 cm³/mol. The molecule has 0 aliphatic carbocycles. The van der Waals surface area contributed by atoms with E-state index in [2.05, 4.69) is 22.4 Å². The molecule has 0 radical (unpaired) electrons. The number of anilines is 1. The van der Waals surface area contributed by atoms with Crippen molar-refractivity contribution >= 4 is 17.4 Å². The Bertz CT molecular complexity index is 1100. The van der Waals surface area contributed by atoms with Gasteiger partial charge in [0.1, 0.15) is 22.9 Å². The molecule has 1 N–H and O–H groups in total. The lowest BCUT2D eigenvalue weighted by Gasteiger charge is -2.08. The standard InChI is InChI=1S/C21H19N3O3/c1-14-8-9-17(27-14)19-20(22-13-15-6-4-3-5-7-15)24-11-10-16(21(25)26-2)12-18(24)23-19/h3-12,22H,13H2,1-2H3. The molecule has 0 atom stereocenters. The summed E-state index contributed by atoms with van der Waals surface area (Å²) in [5.41, 5.74) is 2.94. The first-order valence-electron chi connectivity index (χ1n) is 8.61. The summed E-state index contributed by atoms with van der Waals surface area (Å²) in [5.74, 6) is 1.90. The largest absolute Gasteiger partial charge is 0.465 e. The lowest BCUT2D eigenvalue weighted by Crippen LogP contribution is -2.05. The third-order valence-corrected chi connectivity index (χ3v) is 4.32. The maximum Gasteiger partial charge on any atom is 0.338 e. The zero-order valence-electron chi connectivity index (χ0n) is 15.1. The minimum atomic E-state index is -0.394. The van der Waals surface area contributed by atoms with E-state index in [1.54, 1.807) is 18.3 Å². The Kier molecular flexibility index (Phi) is 4.38. The van der Waals surface area contributed by atoms with Crippen LogP contribution in [0.1, 0.15) is 21.7 Å². The third kappa shape index (κ3) is 3.29. The summed E-state index contributed by atoms with van der Waals surface area (Å²) in [6.45, 7) is 2.53. The number of nitrogens with one attached hydrogen (secondary N) is 1. The van der Waals surface area contributed by atoms with Gasteiger partial charge in [-0.15, -0.1) is 0 Å². The first-order chi connectivity index (χ1) is 13.2. The highest BCUT2D eigenvalue weighted by molar-refractivity contribution is 5.90. The first kappa shape index (κ1) is 16.9. The van der Waals surface area contributed by atoms with E-state index in [0.29, 0.717) is 29.2 Å².